The Morgan fingerprint density at radius 1 is 1.04 bits per heavy atom. The van der Waals surface area contributed by atoms with Crippen LogP contribution in [0.4, 0.5) is 11.4 Å². The summed E-state index contributed by atoms with van der Waals surface area (Å²) in [5.74, 6) is 1.76. The van der Waals surface area contributed by atoms with Gasteiger partial charge in [0.25, 0.3) is 5.69 Å². The minimum Gasteiger partial charge on any atom is -0.762 e. The number of nitro groups is 1. The van der Waals surface area contributed by atoms with Crippen molar-refractivity contribution in [3.05, 3.63) is 147 Å². The molecule has 2 heterocycles. The summed E-state index contributed by atoms with van der Waals surface area (Å²) in [6.07, 6.45) is 3.50. The van der Waals surface area contributed by atoms with Gasteiger partial charge in [-0.2, -0.15) is 5.26 Å². The predicted molar refractivity (Wildman–Crippen MR) is 177 cm³/mol. The SMILES string of the molecule is CCCCN1C(=O)C(C(=C=[N-])C#N)(C(c2ccc([N+](=O)[O-])cc2)n2c[n+](Cc3ccccc3)c3ccccc32)c2cc(C)ccc21. The van der Waals surface area contributed by atoms with E-state index in [1.165, 1.54) is 12.1 Å². The van der Waals surface area contributed by atoms with Crippen molar-refractivity contribution in [2.75, 3.05) is 11.4 Å². The number of aryl methyl sites for hydroxylation is 1. The molecular formula is C37H32N6O3. The highest BCUT2D eigenvalue weighted by atomic mass is 16.6. The Kier molecular flexibility index (Phi) is 8.06. The van der Waals surface area contributed by atoms with Crippen LogP contribution >= 0.6 is 0 Å². The van der Waals surface area contributed by atoms with Crippen LogP contribution in [0, 0.1) is 28.4 Å². The summed E-state index contributed by atoms with van der Waals surface area (Å²) in [5.41, 5.74) is 3.32. The van der Waals surface area contributed by atoms with Gasteiger partial charge in [0.1, 0.15) is 12.6 Å². The number of hydrogen-bond acceptors (Lipinski definition) is 4. The molecule has 0 saturated carbocycles. The van der Waals surface area contributed by atoms with Crippen LogP contribution in [0.1, 0.15) is 48.1 Å². The molecule has 1 amide bonds. The molecule has 228 valence electrons. The monoisotopic (exact) mass is 608 g/mol. The van der Waals surface area contributed by atoms with E-state index < -0.39 is 16.4 Å². The number of unbranched alkanes of at least 4 members (excludes halogenated alkanes) is 1. The van der Waals surface area contributed by atoms with Crippen molar-refractivity contribution >= 4 is 34.2 Å². The summed E-state index contributed by atoms with van der Waals surface area (Å²) < 4.78 is 4.04. The van der Waals surface area contributed by atoms with Crippen LogP contribution < -0.4 is 9.47 Å². The van der Waals surface area contributed by atoms with Crippen molar-refractivity contribution in [3.63, 3.8) is 0 Å². The molecule has 9 heteroatoms. The van der Waals surface area contributed by atoms with Crippen LogP contribution in [0.2, 0.25) is 0 Å². The summed E-state index contributed by atoms with van der Waals surface area (Å²) in [6, 6.07) is 30.8. The summed E-state index contributed by atoms with van der Waals surface area (Å²) in [5, 5.41) is 32.9. The van der Waals surface area contributed by atoms with Crippen LogP contribution in [-0.4, -0.2) is 27.8 Å². The van der Waals surface area contributed by atoms with Crippen molar-refractivity contribution in [2.45, 2.75) is 44.7 Å². The molecular weight excluding hydrogens is 576 g/mol. The second kappa shape index (κ2) is 12.3. The first-order chi connectivity index (χ1) is 22.3. The largest absolute Gasteiger partial charge is 0.762 e. The first-order valence-electron chi connectivity index (χ1n) is 15.2. The number of nitrogens with zero attached hydrogens (tertiary/aromatic N) is 6. The third kappa shape index (κ3) is 4.86. The Morgan fingerprint density at radius 3 is 2.43 bits per heavy atom. The zero-order valence-corrected chi connectivity index (χ0v) is 25.6. The minimum absolute atomic E-state index is 0.101. The van der Waals surface area contributed by atoms with Gasteiger partial charge in [-0.25, -0.2) is 9.13 Å². The van der Waals surface area contributed by atoms with Crippen LogP contribution in [0.5, 0.6) is 0 Å². The van der Waals surface area contributed by atoms with Gasteiger partial charge in [0.05, 0.1) is 10.5 Å². The summed E-state index contributed by atoms with van der Waals surface area (Å²) in [4.78, 5) is 28.0. The van der Waals surface area contributed by atoms with Crippen LogP contribution in [0.3, 0.4) is 0 Å². The van der Waals surface area contributed by atoms with E-state index in [-0.39, 0.29) is 17.2 Å². The Labute approximate surface area is 266 Å². The van der Waals surface area contributed by atoms with Crippen molar-refractivity contribution < 1.29 is 14.3 Å². The number of carbonyl (C=O) groups excluding carboxylic acids is 1. The first kappa shape index (κ1) is 30.2. The van der Waals surface area contributed by atoms with Gasteiger partial charge >= 0.3 is 0 Å². The van der Waals surface area contributed by atoms with Gasteiger partial charge in [-0.3, -0.25) is 20.8 Å². The number of nitriles is 1. The van der Waals surface area contributed by atoms with E-state index in [4.69, 9.17) is 0 Å². The first-order valence-corrected chi connectivity index (χ1v) is 15.2. The standard InChI is InChI=1S/C37H32N6O3/c1-3-4-20-41-32-19-14-26(2)21-31(32)37(36(41)44,29(22-38)23-39)35(28-15-17-30(18-16-28)43(45)46)42-25-40(24-27-10-6-5-7-11-27)33-12-8-9-13-34(33)42/h5-19,21,25,35H,3-4,20,24H2,1-2H3. The maximum Gasteiger partial charge on any atom is 0.269 e. The Balaban J connectivity index is 1.72. The molecule has 46 heavy (non-hydrogen) atoms. The van der Waals surface area contributed by atoms with E-state index in [0.717, 1.165) is 35.0 Å². The molecule has 0 N–H and O–H groups in total. The quantitative estimate of drug-likeness (QED) is 0.0587. The van der Waals surface area contributed by atoms with Crippen molar-refractivity contribution in [1.29, 1.82) is 5.26 Å². The molecule has 4 aromatic carbocycles. The molecule has 0 aliphatic carbocycles. The van der Waals surface area contributed by atoms with Crippen LogP contribution in [0.25, 0.3) is 16.4 Å². The molecule has 2 atom stereocenters. The third-order valence-electron chi connectivity index (χ3n) is 8.84. The summed E-state index contributed by atoms with van der Waals surface area (Å²) in [7, 11) is 0. The van der Waals surface area contributed by atoms with Gasteiger partial charge in [-0.05, 0) is 54.8 Å². The molecule has 0 saturated heterocycles. The van der Waals surface area contributed by atoms with E-state index >= 15 is 4.79 Å². The number of fused-ring (bicyclic) bond motifs is 2. The summed E-state index contributed by atoms with van der Waals surface area (Å²) >= 11 is 0. The number of hydrogen-bond donors (Lipinski definition) is 0. The zero-order chi connectivity index (χ0) is 32.4. The number of carbonyl (C=O) groups is 1. The highest BCUT2D eigenvalue weighted by Crippen LogP contribution is 2.55. The number of para-hydroxylation sites is 2. The van der Waals surface area contributed by atoms with E-state index in [9.17, 15) is 20.8 Å². The average molecular weight is 609 g/mol. The van der Waals surface area contributed by atoms with Gasteiger partial charge in [0.2, 0.25) is 12.2 Å². The van der Waals surface area contributed by atoms with Gasteiger partial charge < -0.3 is 10.3 Å². The Hall–Kier alpha value is -5.84. The molecule has 0 radical (unpaired) electrons. The molecule has 6 rings (SSSR count). The molecule has 5 aromatic rings. The fourth-order valence-electron chi connectivity index (χ4n) is 6.73. The maximum atomic E-state index is 15.1. The lowest BCUT2D eigenvalue weighted by Crippen LogP contribution is -2.49. The van der Waals surface area contributed by atoms with E-state index in [1.807, 2.05) is 97.5 Å². The average Bonchev–Trinajstić information content (AvgIpc) is 3.54. The highest BCUT2D eigenvalue weighted by Gasteiger charge is 2.61. The maximum absolute atomic E-state index is 15.1. The smallest absolute Gasteiger partial charge is 0.269 e. The number of imidazole rings is 1. The lowest BCUT2D eigenvalue weighted by molar-refractivity contribution is -0.663. The van der Waals surface area contributed by atoms with Gasteiger partial charge in [0, 0.05) is 29.9 Å². The number of rotatable bonds is 10. The number of non-ortho nitro benzene ring substituents is 1. The number of nitro benzene ring substituents is 1. The zero-order valence-electron chi connectivity index (χ0n) is 25.6. The molecule has 2 unspecified atom stereocenters. The van der Waals surface area contributed by atoms with Gasteiger partial charge in [-0.1, -0.05) is 73.5 Å². The van der Waals surface area contributed by atoms with Crippen molar-refractivity contribution in [3.8, 4) is 6.07 Å². The van der Waals surface area contributed by atoms with Crippen molar-refractivity contribution in [1.82, 2.24) is 4.57 Å². The number of benzene rings is 4. The molecule has 1 aromatic heterocycles. The lowest BCUT2D eigenvalue weighted by atomic mass is 9.67. The van der Waals surface area contributed by atoms with Gasteiger partial charge in [0.15, 0.2) is 22.5 Å². The molecule has 0 spiro atoms. The Bertz CT molecular complexity index is 2050. The van der Waals surface area contributed by atoms with Crippen LogP contribution in [-0.2, 0) is 16.8 Å². The normalized spacial score (nSPS) is 16.1. The second-order valence-corrected chi connectivity index (χ2v) is 11.6. The van der Waals surface area contributed by atoms with E-state index in [0.29, 0.717) is 29.9 Å². The predicted octanol–water partition coefficient (Wildman–Crippen LogP) is 6.56. The van der Waals surface area contributed by atoms with Crippen molar-refractivity contribution in [2.24, 2.45) is 0 Å². The molecule has 0 fully saturated rings. The van der Waals surface area contributed by atoms with E-state index in [2.05, 4.69) is 16.5 Å². The molecule has 9 nitrogen and oxygen atoms in total. The summed E-state index contributed by atoms with van der Waals surface area (Å²) in [6.45, 7) is 4.92. The fourth-order valence-corrected chi connectivity index (χ4v) is 6.73. The number of aromatic nitrogens is 2. The topological polar surface area (TPSA) is 118 Å². The fraction of sp³-hybridized carbons (Fsp3) is 0.216. The number of amides is 1. The minimum atomic E-state index is -1.75. The molecule has 1 aliphatic heterocycles. The number of anilines is 1. The highest BCUT2D eigenvalue weighted by molar-refractivity contribution is 6.13. The van der Waals surface area contributed by atoms with Gasteiger partial charge in [-0.15, -0.1) is 0 Å². The lowest BCUT2D eigenvalue weighted by Gasteiger charge is -2.34. The van der Waals surface area contributed by atoms with E-state index in [1.54, 1.807) is 17.0 Å². The van der Waals surface area contributed by atoms with Crippen LogP contribution in [0.15, 0.2) is 109 Å². The second-order valence-electron chi connectivity index (χ2n) is 11.6. The Morgan fingerprint density at radius 2 is 1.76 bits per heavy atom. The molecule has 1 aliphatic rings. The molecule has 0 bridgehead atoms. The third-order valence-corrected chi connectivity index (χ3v) is 8.84.